The van der Waals surface area contributed by atoms with Crippen LogP contribution in [0.4, 0.5) is 4.39 Å². The fourth-order valence-corrected chi connectivity index (χ4v) is 8.37. The van der Waals surface area contributed by atoms with Gasteiger partial charge in [-0.25, -0.2) is 9.37 Å². The molecule has 2 saturated carbocycles. The third-order valence-electron chi connectivity index (χ3n) is 11.1. The molecule has 246 valence electrons. The van der Waals surface area contributed by atoms with Crippen LogP contribution in [0.2, 0.25) is 0 Å². The molecule has 0 radical (unpaired) electrons. The lowest BCUT2D eigenvalue weighted by molar-refractivity contribution is 0.0471. The van der Waals surface area contributed by atoms with Crippen molar-refractivity contribution in [2.45, 2.75) is 50.9 Å². The molecule has 2 amide bonds. The van der Waals surface area contributed by atoms with E-state index in [9.17, 15) is 14.0 Å². The molecule has 4 fully saturated rings. The van der Waals surface area contributed by atoms with Gasteiger partial charge in [0, 0.05) is 72.8 Å². The van der Waals surface area contributed by atoms with Crippen LogP contribution in [-0.4, -0.2) is 74.6 Å². The van der Waals surface area contributed by atoms with Crippen molar-refractivity contribution >= 4 is 33.8 Å². The van der Waals surface area contributed by atoms with Crippen LogP contribution in [-0.2, 0) is 13.1 Å². The Labute approximate surface area is 278 Å². The molecule has 9 rings (SSSR count). The smallest absolute Gasteiger partial charge is 0.254 e. The van der Waals surface area contributed by atoms with Crippen molar-refractivity contribution in [1.82, 2.24) is 23.9 Å². The fraction of sp³-hybridized carbons (Fsp3) is 0.395. The first-order valence-corrected chi connectivity index (χ1v) is 17.1. The number of carbonyl (C=O) groups excluding carboxylic acids is 2. The van der Waals surface area contributed by atoms with Crippen molar-refractivity contribution in [3.63, 3.8) is 0 Å². The molecule has 2 saturated heterocycles. The number of hydrogen-bond acceptors (Lipinski definition) is 5. The van der Waals surface area contributed by atoms with E-state index in [1.807, 2.05) is 21.9 Å². The van der Waals surface area contributed by atoms with Crippen LogP contribution in [0, 0.1) is 23.6 Å². The van der Waals surface area contributed by atoms with Gasteiger partial charge in [0.2, 0.25) is 0 Å². The molecule has 4 aliphatic rings. The normalized spacial score (nSPS) is 22.2. The van der Waals surface area contributed by atoms with Crippen LogP contribution < -0.4 is 10.5 Å². The number of likely N-dealkylation sites (tertiary alicyclic amines) is 2. The van der Waals surface area contributed by atoms with E-state index in [1.54, 1.807) is 7.11 Å². The van der Waals surface area contributed by atoms with E-state index in [2.05, 4.69) is 39.5 Å². The van der Waals surface area contributed by atoms with Crippen LogP contribution in [0.15, 0.2) is 66.7 Å². The Morgan fingerprint density at radius 1 is 0.875 bits per heavy atom. The highest BCUT2D eigenvalue weighted by Crippen LogP contribution is 2.41. The molecule has 2 bridgehead atoms. The number of halogens is 1. The first kappa shape index (κ1) is 29.4. The van der Waals surface area contributed by atoms with Gasteiger partial charge in [0.1, 0.15) is 17.1 Å². The number of nitrogens with two attached hydrogens (primary N) is 1. The minimum atomic E-state index is -0.360. The summed E-state index contributed by atoms with van der Waals surface area (Å²) in [7, 11) is 1.64. The number of piperidine rings is 1. The third-order valence-corrected chi connectivity index (χ3v) is 11.1. The number of ether oxygens (including phenoxy) is 1. The standard InChI is InChI=1S/C38H39FN6O3/c1-48-33-16-27(38(47)44-21-26-10-13-31(44)34(26)40)14-29-35(33)45(20-23-17-42(18-23)37(46)24-8-11-28(39)12-9-24)36(41-29)32-15-25-4-2-3-5-30(25)43(32)19-22-6-7-22/h2-5,8-9,11-12,14-16,22-23,26,31,34H,6-7,10,13,17-21,40H2,1H3/t26-,31-,34-/m1/s1. The molecule has 3 aromatic carbocycles. The highest BCUT2D eigenvalue weighted by Gasteiger charge is 2.47. The number of benzene rings is 3. The molecule has 3 atom stereocenters. The second-order valence-electron chi connectivity index (χ2n) is 14.3. The number of para-hydroxylation sites is 1. The van der Waals surface area contributed by atoms with Crippen LogP contribution in [0.1, 0.15) is 46.4 Å². The van der Waals surface area contributed by atoms with E-state index in [0.29, 0.717) is 60.4 Å². The molecular formula is C38H39FN6O3. The predicted octanol–water partition coefficient (Wildman–Crippen LogP) is 5.55. The monoisotopic (exact) mass is 646 g/mol. The van der Waals surface area contributed by atoms with Crippen molar-refractivity contribution < 1.29 is 18.7 Å². The number of fused-ring (bicyclic) bond motifs is 4. The number of imidazole rings is 1. The van der Waals surface area contributed by atoms with Gasteiger partial charge in [-0.2, -0.15) is 0 Å². The van der Waals surface area contributed by atoms with Crippen LogP contribution in [0.5, 0.6) is 5.75 Å². The Morgan fingerprint density at radius 3 is 2.35 bits per heavy atom. The fourth-order valence-electron chi connectivity index (χ4n) is 8.37. The van der Waals surface area contributed by atoms with E-state index in [0.717, 1.165) is 41.8 Å². The first-order chi connectivity index (χ1) is 23.4. The molecule has 4 heterocycles. The second kappa shape index (κ2) is 11.2. The van der Waals surface area contributed by atoms with Crippen LogP contribution in [0.25, 0.3) is 33.5 Å². The van der Waals surface area contributed by atoms with Gasteiger partial charge in [0.15, 0.2) is 5.82 Å². The van der Waals surface area contributed by atoms with Gasteiger partial charge in [-0.3, -0.25) is 9.59 Å². The molecule has 48 heavy (non-hydrogen) atoms. The number of nitrogens with zero attached hydrogens (tertiary/aromatic N) is 5. The summed E-state index contributed by atoms with van der Waals surface area (Å²) in [6, 6.07) is 20.3. The quantitative estimate of drug-likeness (QED) is 0.239. The Hall–Kier alpha value is -4.70. The van der Waals surface area contributed by atoms with Crippen LogP contribution >= 0.6 is 0 Å². The van der Waals surface area contributed by atoms with E-state index in [1.165, 1.54) is 42.6 Å². The zero-order chi connectivity index (χ0) is 32.7. The molecule has 5 aromatic rings. The lowest BCUT2D eigenvalue weighted by Gasteiger charge is -2.39. The summed E-state index contributed by atoms with van der Waals surface area (Å²) >= 11 is 0. The summed E-state index contributed by atoms with van der Waals surface area (Å²) in [6.07, 6.45) is 4.48. The minimum absolute atomic E-state index is 0.0225. The van der Waals surface area contributed by atoms with Gasteiger partial charge < -0.3 is 29.4 Å². The largest absolute Gasteiger partial charge is 0.494 e. The highest BCUT2D eigenvalue weighted by molar-refractivity contribution is 6.01. The number of aromatic nitrogens is 3. The SMILES string of the molecule is COc1cc(C(=O)N2C[C@H]3CC[C@@H]2[C@@H]3N)cc2nc(-c3cc4ccccc4n3CC3CC3)n(CC3CN(C(=O)c4ccc(F)cc4)C3)c12. The Morgan fingerprint density at radius 2 is 1.65 bits per heavy atom. The molecule has 2 N–H and O–H groups in total. The molecular weight excluding hydrogens is 607 g/mol. The molecule has 2 aliphatic carbocycles. The van der Waals surface area contributed by atoms with Gasteiger partial charge in [-0.15, -0.1) is 0 Å². The van der Waals surface area contributed by atoms with Crippen molar-refractivity contribution in [1.29, 1.82) is 0 Å². The number of methoxy groups -OCH3 is 1. The number of carbonyl (C=O) groups is 2. The minimum Gasteiger partial charge on any atom is -0.494 e. The van der Waals surface area contributed by atoms with Gasteiger partial charge in [0.05, 0.1) is 18.3 Å². The maximum Gasteiger partial charge on any atom is 0.254 e. The predicted molar refractivity (Wildman–Crippen MR) is 181 cm³/mol. The molecule has 2 aliphatic heterocycles. The summed E-state index contributed by atoms with van der Waals surface area (Å²) < 4.78 is 24.1. The second-order valence-corrected chi connectivity index (χ2v) is 14.3. The molecule has 10 heteroatoms. The molecule has 9 nitrogen and oxygen atoms in total. The Kier molecular flexibility index (Phi) is 6.86. The maximum absolute atomic E-state index is 13.9. The van der Waals surface area contributed by atoms with Crippen molar-refractivity contribution in [3.05, 3.63) is 83.7 Å². The Bertz CT molecular complexity index is 2080. The van der Waals surface area contributed by atoms with Crippen LogP contribution in [0.3, 0.4) is 0 Å². The van der Waals surface area contributed by atoms with Gasteiger partial charge in [-0.05, 0) is 86.1 Å². The lowest BCUT2D eigenvalue weighted by Crippen LogP contribution is -2.51. The van der Waals surface area contributed by atoms with Crippen molar-refractivity contribution in [2.24, 2.45) is 23.5 Å². The van der Waals surface area contributed by atoms with E-state index in [4.69, 9.17) is 15.5 Å². The third kappa shape index (κ3) is 4.79. The van der Waals surface area contributed by atoms with Crippen molar-refractivity contribution in [2.75, 3.05) is 26.7 Å². The van der Waals surface area contributed by atoms with Gasteiger partial charge in [-0.1, -0.05) is 18.2 Å². The number of hydrogen-bond donors (Lipinski definition) is 1. The molecule has 2 aromatic heterocycles. The van der Waals surface area contributed by atoms with Gasteiger partial charge in [0.25, 0.3) is 11.8 Å². The highest BCUT2D eigenvalue weighted by atomic mass is 19.1. The maximum atomic E-state index is 13.9. The summed E-state index contributed by atoms with van der Waals surface area (Å²) in [5.41, 5.74) is 11.3. The van der Waals surface area contributed by atoms with Gasteiger partial charge >= 0.3 is 0 Å². The first-order valence-electron chi connectivity index (χ1n) is 17.1. The molecule has 0 unspecified atom stereocenters. The number of rotatable bonds is 8. The number of amides is 2. The van der Waals surface area contributed by atoms with E-state index in [-0.39, 0.29) is 35.6 Å². The molecule has 0 spiro atoms. The van der Waals surface area contributed by atoms with E-state index < -0.39 is 0 Å². The topological polar surface area (TPSA) is 98.6 Å². The summed E-state index contributed by atoms with van der Waals surface area (Å²) in [5.74, 6) is 2.15. The Balaban J connectivity index is 1.11. The average Bonchev–Trinajstić information content (AvgIpc) is 3.44. The lowest BCUT2D eigenvalue weighted by atomic mass is 9.98. The summed E-state index contributed by atoms with van der Waals surface area (Å²) in [6.45, 7) is 3.40. The zero-order valence-electron chi connectivity index (χ0n) is 27.0. The van der Waals surface area contributed by atoms with Crippen molar-refractivity contribution in [3.8, 4) is 17.3 Å². The van der Waals surface area contributed by atoms with E-state index >= 15 is 0 Å². The summed E-state index contributed by atoms with van der Waals surface area (Å²) in [5, 5.41) is 1.16. The average molecular weight is 647 g/mol. The zero-order valence-corrected chi connectivity index (χ0v) is 27.0. The summed E-state index contributed by atoms with van der Waals surface area (Å²) in [4.78, 5) is 36.1.